The van der Waals surface area contributed by atoms with Crippen LogP contribution >= 0.6 is 0 Å². The van der Waals surface area contributed by atoms with Crippen LogP contribution in [0.1, 0.15) is 11.1 Å². The number of benzene rings is 2. The van der Waals surface area contributed by atoms with Crippen molar-refractivity contribution in [2.24, 2.45) is 0 Å². The van der Waals surface area contributed by atoms with E-state index >= 15 is 0 Å². The highest BCUT2D eigenvalue weighted by Gasteiger charge is 2.07. The average molecular weight is 430 g/mol. The topological polar surface area (TPSA) is 91.5 Å². The van der Waals surface area contributed by atoms with E-state index in [4.69, 9.17) is 4.74 Å². The Bertz CT molecular complexity index is 1170. The standard InChI is InChI=1S/C22H27N3O4S/c1-16-4-10-20(19-9-11-21(26)23-22(16)19)29-15-14-25(2)13-12-17-5-7-18(8-6-17)24-30(3,27)28/h4-11,24H,12-15H2,1-3H3,(H,23,26). The first-order valence-electron chi connectivity index (χ1n) is 9.72. The van der Waals surface area contributed by atoms with Gasteiger partial charge in [0, 0.05) is 30.2 Å². The van der Waals surface area contributed by atoms with Crippen molar-refractivity contribution in [2.45, 2.75) is 13.3 Å². The molecule has 30 heavy (non-hydrogen) atoms. The fourth-order valence-corrected chi connectivity index (χ4v) is 3.75. The lowest BCUT2D eigenvalue weighted by molar-refractivity contribution is 0.240. The van der Waals surface area contributed by atoms with Crippen LogP contribution in [0.5, 0.6) is 5.75 Å². The summed E-state index contributed by atoms with van der Waals surface area (Å²) >= 11 is 0. The Labute approximate surface area is 176 Å². The molecule has 3 aromatic rings. The lowest BCUT2D eigenvalue weighted by Gasteiger charge is -2.18. The summed E-state index contributed by atoms with van der Waals surface area (Å²) in [5, 5.41) is 0.903. The first kappa shape index (κ1) is 21.9. The summed E-state index contributed by atoms with van der Waals surface area (Å²) in [7, 11) is -1.22. The van der Waals surface area contributed by atoms with Gasteiger partial charge in [0.15, 0.2) is 0 Å². The van der Waals surface area contributed by atoms with Crippen LogP contribution in [0.3, 0.4) is 0 Å². The number of aromatic nitrogens is 1. The number of pyridine rings is 1. The van der Waals surface area contributed by atoms with Crippen molar-refractivity contribution in [2.75, 3.05) is 37.7 Å². The molecule has 0 aliphatic carbocycles. The highest BCUT2D eigenvalue weighted by Crippen LogP contribution is 2.25. The minimum atomic E-state index is -3.26. The van der Waals surface area contributed by atoms with Gasteiger partial charge in [-0.1, -0.05) is 18.2 Å². The summed E-state index contributed by atoms with van der Waals surface area (Å²) in [4.78, 5) is 16.6. The molecule has 0 spiro atoms. The van der Waals surface area contributed by atoms with Gasteiger partial charge < -0.3 is 14.6 Å². The van der Waals surface area contributed by atoms with Crippen LogP contribution in [0.2, 0.25) is 0 Å². The normalized spacial score (nSPS) is 11.7. The van der Waals surface area contributed by atoms with Gasteiger partial charge in [0.2, 0.25) is 15.6 Å². The average Bonchev–Trinajstić information content (AvgIpc) is 2.68. The van der Waals surface area contributed by atoms with Crippen molar-refractivity contribution in [3.05, 3.63) is 70.0 Å². The first-order valence-corrected chi connectivity index (χ1v) is 11.6. The van der Waals surface area contributed by atoms with Crippen LogP contribution in [0.25, 0.3) is 10.9 Å². The third-order valence-electron chi connectivity index (χ3n) is 4.83. The molecule has 0 aliphatic rings. The van der Waals surface area contributed by atoms with Gasteiger partial charge in [0.05, 0.1) is 11.8 Å². The number of nitrogens with zero attached hydrogens (tertiary/aromatic N) is 1. The molecule has 0 bridgehead atoms. The molecule has 160 valence electrons. The Morgan fingerprint density at radius 1 is 1.03 bits per heavy atom. The molecular weight excluding hydrogens is 402 g/mol. The molecule has 2 N–H and O–H groups in total. The predicted octanol–water partition coefficient (Wildman–Crippen LogP) is 2.76. The highest BCUT2D eigenvalue weighted by atomic mass is 32.2. The molecule has 0 unspecified atom stereocenters. The number of rotatable bonds is 9. The zero-order valence-corrected chi connectivity index (χ0v) is 18.3. The number of hydrogen-bond acceptors (Lipinski definition) is 5. The number of anilines is 1. The van der Waals surface area contributed by atoms with Crippen LogP contribution in [0, 0.1) is 6.92 Å². The van der Waals surface area contributed by atoms with Crippen molar-refractivity contribution >= 4 is 26.6 Å². The van der Waals surface area contributed by atoms with Gasteiger partial charge in [-0.05, 0) is 55.8 Å². The molecule has 1 aromatic heterocycles. The molecule has 0 radical (unpaired) electrons. The maximum atomic E-state index is 11.6. The Hall–Kier alpha value is -2.84. The van der Waals surface area contributed by atoms with Crippen molar-refractivity contribution in [1.29, 1.82) is 0 Å². The Morgan fingerprint density at radius 3 is 2.47 bits per heavy atom. The van der Waals surface area contributed by atoms with Gasteiger partial charge in [0.25, 0.3) is 0 Å². The number of fused-ring (bicyclic) bond motifs is 1. The fourth-order valence-electron chi connectivity index (χ4n) is 3.19. The summed E-state index contributed by atoms with van der Waals surface area (Å²) in [6.45, 7) is 4.10. The molecule has 8 heteroatoms. The number of ether oxygens (including phenoxy) is 1. The minimum absolute atomic E-state index is 0.123. The number of sulfonamides is 1. The summed E-state index contributed by atoms with van der Waals surface area (Å²) in [5.41, 5.74) is 3.39. The summed E-state index contributed by atoms with van der Waals surface area (Å²) in [6, 6.07) is 14.6. The molecule has 0 atom stereocenters. The van der Waals surface area contributed by atoms with Crippen molar-refractivity contribution in [3.63, 3.8) is 0 Å². The van der Waals surface area contributed by atoms with Gasteiger partial charge >= 0.3 is 0 Å². The monoisotopic (exact) mass is 429 g/mol. The van der Waals surface area contributed by atoms with E-state index < -0.39 is 10.0 Å². The maximum absolute atomic E-state index is 11.6. The van der Waals surface area contributed by atoms with Gasteiger partial charge in [-0.2, -0.15) is 0 Å². The number of aromatic amines is 1. The molecule has 0 saturated carbocycles. The Kier molecular flexibility index (Phi) is 6.79. The van der Waals surface area contributed by atoms with E-state index in [9.17, 15) is 13.2 Å². The first-order chi connectivity index (χ1) is 14.2. The smallest absolute Gasteiger partial charge is 0.248 e. The molecule has 0 aliphatic heterocycles. The Balaban J connectivity index is 1.50. The lowest BCUT2D eigenvalue weighted by atomic mass is 10.1. The van der Waals surface area contributed by atoms with E-state index in [0.29, 0.717) is 12.3 Å². The maximum Gasteiger partial charge on any atom is 0.248 e. The molecule has 0 fully saturated rings. The van der Waals surface area contributed by atoms with Crippen LogP contribution in [0.4, 0.5) is 5.69 Å². The van der Waals surface area contributed by atoms with Gasteiger partial charge in [-0.3, -0.25) is 9.52 Å². The lowest BCUT2D eigenvalue weighted by Crippen LogP contribution is -2.26. The predicted molar refractivity (Wildman–Crippen MR) is 121 cm³/mol. The van der Waals surface area contributed by atoms with Crippen molar-refractivity contribution in [1.82, 2.24) is 9.88 Å². The second-order valence-electron chi connectivity index (χ2n) is 7.46. The number of likely N-dealkylation sites (N-methyl/N-ethyl adjacent to an activating group) is 1. The SMILES string of the molecule is Cc1ccc(OCCN(C)CCc2ccc(NS(C)(=O)=O)cc2)c2ccc(=O)[nH]c12. The zero-order valence-electron chi connectivity index (χ0n) is 17.4. The number of H-pyrrole nitrogens is 1. The summed E-state index contributed by atoms with van der Waals surface area (Å²) in [5.74, 6) is 0.759. The van der Waals surface area contributed by atoms with E-state index in [0.717, 1.165) is 53.5 Å². The second-order valence-corrected chi connectivity index (χ2v) is 9.21. The molecule has 7 nitrogen and oxygen atoms in total. The third-order valence-corrected chi connectivity index (χ3v) is 5.44. The van der Waals surface area contributed by atoms with Gasteiger partial charge in [-0.25, -0.2) is 8.42 Å². The number of nitrogens with one attached hydrogen (secondary N) is 2. The fraction of sp³-hybridized carbons (Fsp3) is 0.318. The van der Waals surface area contributed by atoms with Crippen LogP contribution in [-0.2, 0) is 16.4 Å². The van der Waals surface area contributed by atoms with E-state index in [1.807, 2.05) is 38.2 Å². The van der Waals surface area contributed by atoms with Crippen LogP contribution < -0.4 is 15.0 Å². The van der Waals surface area contributed by atoms with Crippen LogP contribution in [0.15, 0.2) is 53.3 Å². The Morgan fingerprint density at radius 2 is 1.77 bits per heavy atom. The van der Waals surface area contributed by atoms with E-state index in [1.54, 1.807) is 18.2 Å². The minimum Gasteiger partial charge on any atom is -0.492 e. The van der Waals surface area contributed by atoms with Crippen molar-refractivity contribution < 1.29 is 13.2 Å². The summed E-state index contributed by atoms with van der Waals surface area (Å²) in [6.07, 6.45) is 1.99. The van der Waals surface area contributed by atoms with Gasteiger partial charge in [0.1, 0.15) is 12.4 Å². The molecule has 0 saturated heterocycles. The van der Waals surface area contributed by atoms with E-state index in [2.05, 4.69) is 14.6 Å². The largest absolute Gasteiger partial charge is 0.492 e. The number of aryl methyl sites for hydroxylation is 1. The highest BCUT2D eigenvalue weighted by molar-refractivity contribution is 7.92. The third kappa shape index (κ3) is 6.08. The van der Waals surface area contributed by atoms with Crippen molar-refractivity contribution in [3.8, 4) is 5.75 Å². The molecule has 3 rings (SSSR count). The van der Waals surface area contributed by atoms with E-state index in [1.165, 1.54) is 6.07 Å². The quantitative estimate of drug-likeness (QED) is 0.546. The van der Waals surface area contributed by atoms with Crippen LogP contribution in [-0.4, -0.2) is 51.3 Å². The molecule has 1 heterocycles. The molecule has 2 aromatic carbocycles. The van der Waals surface area contributed by atoms with E-state index in [-0.39, 0.29) is 5.56 Å². The molecule has 0 amide bonds. The zero-order chi connectivity index (χ0) is 21.7. The second kappa shape index (κ2) is 9.32. The number of hydrogen-bond donors (Lipinski definition) is 2. The summed E-state index contributed by atoms with van der Waals surface area (Å²) < 4.78 is 31.0. The molecular formula is C22H27N3O4S. The van der Waals surface area contributed by atoms with Gasteiger partial charge in [-0.15, -0.1) is 0 Å².